The summed E-state index contributed by atoms with van der Waals surface area (Å²) in [5.41, 5.74) is 2.18. The number of aryl methyl sites for hydroxylation is 1. The Kier molecular flexibility index (Phi) is 5.27. The third-order valence-electron chi connectivity index (χ3n) is 5.84. The molecule has 2 aliphatic carbocycles. The van der Waals surface area contributed by atoms with E-state index in [4.69, 9.17) is 0 Å². The number of anilines is 1. The third kappa shape index (κ3) is 3.66. The number of carbonyl (C=O) groups excluding carboxylic acids is 1. The van der Waals surface area contributed by atoms with E-state index in [0.29, 0.717) is 11.8 Å². The number of hydrogen-bond acceptors (Lipinski definition) is 1. The van der Waals surface area contributed by atoms with E-state index in [1.807, 2.05) is 17.0 Å². The number of benzene rings is 1. The second kappa shape index (κ2) is 7.42. The van der Waals surface area contributed by atoms with Crippen LogP contribution < -0.4 is 5.32 Å². The molecular weight excluding hydrogens is 296 g/mol. The first-order valence-electron chi connectivity index (χ1n) is 9.45. The molecule has 1 aromatic rings. The Morgan fingerprint density at radius 2 is 1.96 bits per heavy atom. The summed E-state index contributed by atoms with van der Waals surface area (Å²) < 4.78 is 0. The van der Waals surface area contributed by atoms with Gasteiger partial charge in [0.05, 0.1) is 0 Å². The summed E-state index contributed by atoms with van der Waals surface area (Å²) in [5.74, 6) is 2.06. The summed E-state index contributed by atoms with van der Waals surface area (Å²) in [6, 6.07) is 8.49. The first-order chi connectivity index (χ1) is 11.6. The molecule has 0 heterocycles. The zero-order chi connectivity index (χ0) is 17.1. The molecule has 1 saturated carbocycles. The highest BCUT2D eigenvalue weighted by Gasteiger charge is 2.37. The SMILES string of the molecule is CCc1ccc(NC(=O)N(CC2CC3C=CC2C3)C(C)CC)cc1. The van der Waals surface area contributed by atoms with Crippen LogP contribution in [0.25, 0.3) is 0 Å². The predicted octanol–water partition coefficient (Wildman–Crippen LogP) is 5.09. The molecule has 3 heteroatoms. The van der Waals surface area contributed by atoms with E-state index >= 15 is 0 Å². The highest BCUT2D eigenvalue weighted by molar-refractivity contribution is 5.89. The van der Waals surface area contributed by atoms with Gasteiger partial charge in [0.2, 0.25) is 0 Å². The van der Waals surface area contributed by atoms with Crippen molar-refractivity contribution in [2.24, 2.45) is 17.8 Å². The van der Waals surface area contributed by atoms with E-state index in [2.05, 4.69) is 50.4 Å². The molecule has 0 radical (unpaired) electrons. The summed E-state index contributed by atoms with van der Waals surface area (Å²) in [4.78, 5) is 14.9. The molecular formula is C21H30N2O. The highest BCUT2D eigenvalue weighted by Crippen LogP contribution is 2.43. The Hall–Kier alpha value is -1.77. The van der Waals surface area contributed by atoms with Gasteiger partial charge in [-0.3, -0.25) is 0 Å². The summed E-state index contributed by atoms with van der Waals surface area (Å²) in [6.45, 7) is 7.33. The Balaban J connectivity index is 1.65. The Labute approximate surface area is 146 Å². The summed E-state index contributed by atoms with van der Waals surface area (Å²) in [7, 11) is 0. The van der Waals surface area contributed by atoms with Crippen LogP contribution in [-0.4, -0.2) is 23.5 Å². The van der Waals surface area contributed by atoms with E-state index in [0.717, 1.165) is 31.0 Å². The average Bonchev–Trinajstić information content (AvgIpc) is 3.22. The third-order valence-corrected chi connectivity index (χ3v) is 5.84. The fraction of sp³-hybridized carbons (Fsp3) is 0.571. The molecule has 2 aliphatic rings. The van der Waals surface area contributed by atoms with E-state index in [1.54, 1.807) is 0 Å². The monoisotopic (exact) mass is 326 g/mol. The fourth-order valence-electron chi connectivity index (χ4n) is 4.06. The normalized spacial score (nSPS) is 25.7. The highest BCUT2D eigenvalue weighted by atomic mass is 16.2. The molecule has 0 spiro atoms. The average molecular weight is 326 g/mol. The van der Waals surface area contributed by atoms with Crippen LogP contribution in [0, 0.1) is 17.8 Å². The Bertz CT molecular complexity index is 592. The molecule has 0 saturated heterocycles. The maximum atomic E-state index is 12.9. The van der Waals surface area contributed by atoms with Crippen LogP contribution in [0.15, 0.2) is 36.4 Å². The van der Waals surface area contributed by atoms with Crippen molar-refractivity contribution in [2.75, 3.05) is 11.9 Å². The zero-order valence-electron chi connectivity index (χ0n) is 15.2. The Morgan fingerprint density at radius 3 is 2.50 bits per heavy atom. The van der Waals surface area contributed by atoms with Gasteiger partial charge in [0.15, 0.2) is 0 Å². The van der Waals surface area contributed by atoms with Crippen LogP contribution >= 0.6 is 0 Å². The number of nitrogens with one attached hydrogen (secondary N) is 1. The molecule has 2 bridgehead atoms. The molecule has 24 heavy (non-hydrogen) atoms. The van der Waals surface area contributed by atoms with Crippen LogP contribution in [0.5, 0.6) is 0 Å². The lowest BCUT2D eigenvalue weighted by atomic mass is 9.92. The van der Waals surface area contributed by atoms with Crippen LogP contribution in [0.1, 0.15) is 45.6 Å². The molecule has 0 aromatic heterocycles. The Morgan fingerprint density at radius 1 is 1.21 bits per heavy atom. The summed E-state index contributed by atoms with van der Waals surface area (Å²) in [5, 5.41) is 3.10. The molecule has 1 fully saturated rings. The molecule has 1 aromatic carbocycles. The molecule has 3 nitrogen and oxygen atoms in total. The fourth-order valence-corrected chi connectivity index (χ4v) is 4.06. The van der Waals surface area contributed by atoms with E-state index in [-0.39, 0.29) is 12.1 Å². The largest absolute Gasteiger partial charge is 0.322 e. The lowest BCUT2D eigenvalue weighted by Crippen LogP contribution is -2.44. The van der Waals surface area contributed by atoms with Crippen molar-refractivity contribution in [3.63, 3.8) is 0 Å². The summed E-state index contributed by atoms with van der Waals surface area (Å²) >= 11 is 0. The van der Waals surface area contributed by atoms with Gasteiger partial charge in [-0.25, -0.2) is 4.79 Å². The number of hydrogen-bond donors (Lipinski definition) is 1. The minimum Gasteiger partial charge on any atom is -0.322 e. The van der Waals surface area contributed by atoms with Gasteiger partial charge in [-0.1, -0.05) is 38.1 Å². The van der Waals surface area contributed by atoms with Crippen LogP contribution in [0.3, 0.4) is 0 Å². The first-order valence-corrected chi connectivity index (χ1v) is 9.45. The van der Waals surface area contributed by atoms with Crippen molar-refractivity contribution < 1.29 is 4.79 Å². The molecule has 4 atom stereocenters. The maximum absolute atomic E-state index is 12.9. The van der Waals surface area contributed by atoms with E-state index in [9.17, 15) is 4.79 Å². The molecule has 2 amide bonds. The predicted molar refractivity (Wildman–Crippen MR) is 100 cm³/mol. The van der Waals surface area contributed by atoms with Crippen molar-refractivity contribution in [1.82, 2.24) is 4.90 Å². The maximum Gasteiger partial charge on any atom is 0.322 e. The van der Waals surface area contributed by atoms with Crippen LogP contribution in [-0.2, 0) is 6.42 Å². The number of rotatable bonds is 6. The van der Waals surface area contributed by atoms with Crippen LogP contribution in [0.4, 0.5) is 10.5 Å². The van der Waals surface area contributed by atoms with Gasteiger partial charge in [0, 0.05) is 18.3 Å². The molecule has 130 valence electrons. The topological polar surface area (TPSA) is 32.3 Å². The first kappa shape index (κ1) is 17.1. The number of nitrogens with zero attached hydrogens (tertiary/aromatic N) is 1. The number of amides is 2. The lowest BCUT2D eigenvalue weighted by molar-refractivity contribution is 0.171. The number of fused-ring (bicyclic) bond motifs is 2. The number of urea groups is 1. The second-order valence-electron chi connectivity index (χ2n) is 7.43. The van der Waals surface area contributed by atoms with Crippen molar-refractivity contribution in [2.45, 2.75) is 52.5 Å². The smallest absolute Gasteiger partial charge is 0.322 e. The van der Waals surface area contributed by atoms with Gasteiger partial charge in [-0.15, -0.1) is 0 Å². The van der Waals surface area contributed by atoms with Crippen molar-refractivity contribution in [3.05, 3.63) is 42.0 Å². The van der Waals surface area contributed by atoms with E-state index < -0.39 is 0 Å². The van der Waals surface area contributed by atoms with Gasteiger partial charge in [-0.05, 0) is 68.1 Å². The standard InChI is InChI=1S/C21H30N2O/c1-4-15(3)23(14-19-13-17-6-9-18(19)12-17)21(24)22-20-10-7-16(5-2)8-11-20/h6-11,15,17-19H,4-5,12-14H2,1-3H3,(H,22,24). The van der Waals surface area contributed by atoms with Crippen molar-refractivity contribution >= 4 is 11.7 Å². The minimum absolute atomic E-state index is 0.0420. The number of allylic oxidation sites excluding steroid dienone is 2. The van der Waals surface area contributed by atoms with E-state index in [1.165, 1.54) is 18.4 Å². The van der Waals surface area contributed by atoms with Gasteiger partial charge in [0.25, 0.3) is 0 Å². The van der Waals surface area contributed by atoms with Gasteiger partial charge in [0.1, 0.15) is 0 Å². The van der Waals surface area contributed by atoms with Crippen molar-refractivity contribution in [1.29, 1.82) is 0 Å². The lowest BCUT2D eigenvalue weighted by Gasteiger charge is -2.33. The minimum atomic E-state index is 0.0420. The van der Waals surface area contributed by atoms with Gasteiger partial charge < -0.3 is 10.2 Å². The van der Waals surface area contributed by atoms with Gasteiger partial charge >= 0.3 is 6.03 Å². The molecule has 3 rings (SSSR count). The summed E-state index contributed by atoms with van der Waals surface area (Å²) in [6.07, 6.45) is 9.27. The zero-order valence-corrected chi connectivity index (χ0v) is 15.2. The van der Waals surface area contributed by atoms with Crippen LogP contribution in [0.2, 0.25) is 0 Å². The quantitative estimate of drug-likeness (QED) is 0.725. The molecule has 1 N–H and O–H groups in total. The second-order valence-corrected chi connectivity index (χ2v) is 7.43. The molecule has 4 unspecified atom stereocenters. The van der Waals surface area contributed by atoms with Crippen molar-refractivity contribution in [3.8, 4) is 0 Å². The molecule has 0 aliphatic heterocycles. The number of carbonyl (C=O) groups is 1. The van der Waals surface area contributed by atoms with Gasteiger partial charge in [-0.2, -0.15) is 0 Å².